The van der Waals surface area contributed by atoms with Crippen LogP contribution in [-0.4, -0.2) is 88.4 Å². The number of benzene rings is 2. The van der Waals surface area contributed by atoms with E-state index in [0.29, 0.717) is 45.9 Å². The third-order valence-corrected chi connectivity index (χ3v) is 7.59. The minimum atomic E-state index is -0.978. The molecule has 0 amide bonds. The smallest absolute Gasteiger partial charge is 0.287 e. The Labute approximate surface area is 331 Å². The highest BCUT2D eigenvalue weighted by Gasteiger charge is 2.21. The molecule has 20 nitrogen and oxygen atoms in total. The number of aliphatic hydroxyl groups excluding tert-OH is 4. The highest BCUT2D eigenvalue weighted by Crippen LogP contribution is 2.12. The van der Waals surface area contributed by atoms with Crippen molar-refractivity contribution in [1.82, 2.24) is 18.6 Å². The van der Waals surface area contributed by atoms with Gasteiger partial charge in [-0.25, -0.2) is 0 Å². The van der Waals surface area contributed by atoms with Gasteiger partial charge in [0.25, 0.3) is 12.7 Å². The number of imidazole rings is 2. The minimum absolute atomic E-state index is 0. The van der Waals surface area contributed by atoms with Crippen molar-refractivity contribution in [3.05, 3.63) is 121 Å². The van der Waals surface area contributed by atoms with E-state index < -0.39 is 12.5 Å². The molecule has 0 fully saturated rings. The summed E-state index contributed by atoms with van der Waals surface area (Å²) in [5.74, 6) is 0. The Morgan fingerprint density at radius 1 is 0.571 bits per heavy atom. The van der Waals surface area contributed by atoms with Crippen LogP contribution in [0.15, 0.2) is 151 Å². The molecule has 56 heavy (non-hydrogen) atoms. The number of aliphatic hydroxyl groups is 4. The monoisotopic (exact) mass is 810 g/mol. The quantitative estimate of drug-likeness (QED) is 0.0157. The number of halogens is 2. The number of aromatic nitrogens is 6. The molecule has 4 heterocycles. The lowest BCUT2D eigenvalue weighted by Gasteiger charge is -2.02. The standard InChI is InChI=1S/2C17H20N7O3.2ClH/c2*25-10-9-22-7-5-14(6-8-22)21-20-12-19-18-11-17(26)23-13-24(27)16-4-2-1-3-15(16)23;;/h2*1-8,12-13,17,25-27H,9-11H2;2*1H/q2*+1;;/p-2. The molecular formula is C34H40Cl2N14O6. The fourth-order valence-corrected chi connectivity index (χ4v) is 4.99. The van der Waals surface area contributed by atoms with Gasteiger partial charge in [0.05, 0.1) is 23.9 Å². The van der Waals surface area contributed by atoms with Crippen LogP contribution < -0.4 is 44.7 Å². The van der Waals surface area contributed by atoms with Crippen LogP contribution in [0.5, 0.6) is 0 Å². The maximum atomic E-state index is 10.2. The second-order valence-electron chi connectivity index (χ2n) is 11.2. The number of hydrogen-bond acceptors (Lipinski definition) is 12. The van der Waals surface area contributed by atoms with Crippen molar-refractivity contribution < 1.29 is 64.8 Å². The summed E-state index contributed by atoms with van der Waals surface area (Å²) in [6.45, 7) is 1.18. The van der Waals surface area contributed by atoms with E-state index in [0.717, 1.165) is 9.46 Å². The van der Waals surface area contributed by atoms with Gasteiger partial charge in [-0.15, -0.1) is 30.6 Å². The van der Waals surface area contributed by atoms with Crippen LogP contribution in [0.3, 0.4) is 0 Å². The van der Waals surface area contributed by atoms with Crippen LogP contribution in [0.4, 0.5) is 0 Å². The molecule has 6 rings (SSSR count). The van der Waals surface area contributed by atoms with Gasteiger partial charge in [0.2, 0.25) is 23.5 Å². The van der Waals surface area contributed by atoms with E-state index in [2.05, 4.69) is 40.9 Å². The van der Waals surface area contributed by atoms with Gasteiger partial charge in [0.1, 0.15) is 13.1 Å². The molecule has 22 heteroatoms. The molecule has 2 atom stereocenters. The number of rotatable bonds is 14. The number of fused-ring (bicyclic) bond motifs is 2. The molecule has 0 spiro atoms. The van der Waals surface area contributed by atoms with Gasteiger partial charge in [-0.2, -0.15) is 19.4 Å². The third kappa shape index (κ3) is 12.4. The summed E-state index contributed by atoms with van der Waals surface area (Å²) < 4.78 is 8.54. The first-order valence-electron chi connectivity index (χ1n) is 16.5. The molecule has 0 bridgehead atoms. The zero-order valence-corrected chi connectivity index (χ0v) is 31.2. The van der Waals surface area contributed by atoms with Crippen molar-refractivity contribution in [1.29, 1.82) is 0 Å². The van der Waals surface area contributed by atoms with Crippen LogP contribution in [0, 0.1) is 0 Å². The van der Waals surface area contributed by atoms with Crippen LogP contribution in [0.2, 0.25) is 0 Å². The van der Waals surface area contributed by atoms with Gasteiger partial charge in [-0.3, -0.25) is 0 Å². The fraction of sp³-hybridized carbons (Fsp3) is 0.235. The molecule has 6 N–H and O–H groups in total. The van der Waals surface area contributed by atoms with E-state index in [1.165, 1.54) is 34.5 Å². The van der Waals surface area contributed by atoms with Crippen molar-refractivity contribution in [2.75, 3.05) is 26.3 Å². The zero-order chi connectivity index (χ0) is 38.1. The maximum Gasteiger partial charge on any atom is 0.287 e. The predicted molar refractivity (Wildman–Crippen MR) is 192 cm³/mol. The molecule has 2 unspecified atom stereocenters. The summed E-state index contributed by atoms with van der Waals surface area (Å²) in [6, 6.07) is 21.3. The summed E-state index contributed by atoms with van der Waals surface area (Å²) in [5.41, 5.74) is 2.51. The highest BCUT2D eigenvalue weighted by atomic mass is 35.5. The first kappa shape index (κ1) is 44.2. The Hall–Kier alpha value is -6.16. The predicted octanol–water partition coefficient (Wildman–Crippen LogP) is -5.10. The summed E-state index contributed by atoms with van der Waals surface area (Å²) in [5, 5.41) is 89.8. The Bertz CT molecular complexity index is 2180. The van der Waals surface area contributed by atoms with Gasteiger partial charge in [0.15, 0.2) is 23.7 Å². The lowest BCUT2D eigenvalue weighted by Crippen LogP contribution is -3.00. The molecule has 6 aromatic rings. The van der Waals surface area contributed by atoms with E-state index in [-0.39, 0.29) is 51.1 Å². The van der Waals surface area contributed by atoms with E-state index in [1.807, 2.05) is 21.3 Å². The first-order valence-corrected chi connectivity index (χ1v) is 16.5. The number of hydrogen-bond donors (Lipinski definition) is 6. The van der Waals surface area contributed by atoms with Crippen LogP contribution in [-0.2, 0) is 13.1 Å². The summed E-state index contributed by atoms with van der Waals surface area (Å²) >= 11 is 0. The SMILES string of the molecule is OCCn1ccc(=NN=CN=NCC(O)[n+]2cn(O)c3ccccc32)cc1.OCCn1ccc(=NN=CN=NCC(O)[n+]2cn(O)c3ccccc32)cc1.[Cl-].[Cl-]. The number of para-hydroxylation sites is 4. The van der Waals surface area contributed by atoms with Gasteiger partial charge < -0.3 is 64.8 Å². The van der Waals surface area contributed by atoms with E-state index in [4.69, 9.17) is 10.2 Å². The van der Waals surface area contributed by atoms with Gasteiger partial charge in [0, 0.05) is 37.9 Å². The van der Waals surface area contributed by atoms with Crippen LogP contribution >= 0.6 is 0 Å². The molecule has 2 aromatic carbocycles. The fourth-order valence-electron chi connectivity index (χ4n) is 4.99. The molecule has 0 radical (unpaired) electrons. The molecule has 0 aliphatic carbocycles. The summed E-state index contributed by atoms with van der Waals surface area (Å²) in [4.78, 5) is 0. The average Bonchev–Trinajstić information content (AvgIpc) is 3.72. The molecule has 0 saturated heterocycles. The highest BCUT2D eigenvalue weighted by molar-refractivity contribution is 5.71. The largest absolute Gasteiger partial charge is 1.00 e. The first-order chi connectivity index (χ1) is 26.4. The normalized spacial score (nSPS) is 12.5. The number of pyridine rings is 2. The molecule has 296 valence electrons. The van der Waals surface area contributed by atoms with E-state index in [1.54, 1.807) is 85.5 Å². The van der Waals surface area contributed by atoms with Crippen molar-refractivity contribution in [2.24, 2.45) is 40.9 Å². The van der Waals surface area contributed by atoms with Crippen molar-refractivity contribution in [3.8, 4) is 0 Å². The third-order valence-electron chi connectivity index (χ3n) is 7.59. The lowest BCUT2D eigenvalue weighted by atomic mass is 10.3. The van der Waals surface area contributed by atoms with E-state index in [9.17, 15) is 20.6 Å². The van der Waals surface area contributed by atoms with Gasteiger partial charge in [-0.05, 0) is 58.0 Å². The molecule has 0 aliphatic rings. The van der Waals surface area contributed by atoms with Crippen molar-refractivity contribution in [2.45, 2.75) is 25.5 Å². The van der Waals surface area contributed by atoms with Crippen molar-refractivity contribution >= 4 is 34.7 Å². The topological polar surface area (TPSA) is 248 Å². The Kier molecular flexibility index (Phi) is 18.1. The molecule has 0 saturated carbocycles. The molecule has 4 aromatic heterocycles. The number of azo groups is 2. The molecule has 0 aliphatic heterocycles. The lowest BCUT2D eigenvalue weighted by molar-refractivity contribution is -0.736. The van der Waals surface area contributed by atoms with Gasteiger partial charge in [-0.1, -0.05) is 24.3 Å². The summed E-state index contributed by atoms with van der Waals surface area (Å²) in [6.07, 6.45) is 10.3. The molecular weight excluding hydrogens is 771 g/mol. The number of nitrogens with zero attached hydrogens (tertiary/aromatic N) is 14. The zero-order valence-electron chi connectivity index (χ0n) is 29.6. The van der Waals surface area contributed by atoms with E-state index >= 15 is 0 Å². The van der Waals surface area contributed by atoms with Gasteiger partial charge >= 0.3 is 0 Å². The van der Waals surface area contributed by atoms with Crippen LogP contribution in [0.25, 0.3) is 22.1 Å². The Balaban J connectivity index is 0.000000290. The minimum Gasteiger partial charge on any atom is -1.00 e. The van der Waals surface area contributed by atoms with Crippen molar-refractivity contribution in [3.63, 3.8) is 0 Å². The Morgan fingerprint density at radius 3 is 1.32 bits per heavy atom. The van der Waals surface area contributed by atoms with Crippen LogP contribution in [0.1, 0.15) is 12.5 Å². The summed E-state index contributed by atoms with van der Waals surface area (Å²) in [7, 11) is 0. The second-order valence-corrected chi connectivity index (χ2v) is 11.2. The maximum absolute atomic E-state index is 10.2. The Morgan fingerprint density at radius 2 is 0.946 bits per heavy atom. The second kappa shape index (κ2) is 22.9. The average molecular weight is 812 g/mol.